The highest BCUT2D eigenvalue weighted by atomic mass is 16.3. The summed E-state index contributed by atoms with van der Waals surface area (Å²) in [6.45, 7) is 6.79. The maximum atomic E-state index is 12.2. The number of likely N-dealkylation sites (tertiary alicyclic amines) is 1. The molecule has 138 valence electrons. The highest BCUT2D eigenvalue weighted by Crippen LogP contribution is 2.24. The Hall–Kier alpha value is -2.13. The zero-order valence-electron chi connectivity index (χ0n) is 15.8. The summed E-state index contributed by atoms with van der Waals surface area (Å²) >= 11 is 0. The van der Waals surface area contributed by atoms with E-state index in [1.165, 1.54) is 5.56 Å². The first-order valence-corrected chi connectivity index (χ1v) is 9.65. The van der Waals surface area contributed by atoms with E-state index < -0.39 is 0 Å². The van der Waals surface area contributed by atoms with Crippen LogP contribution >= 0.6 is 0 Å². The fourth-order valence-electron chi connectivity index (χ4n) is 3.73. The molecule has 2 aromatic rings. The molecule has 0 amide bonds. The quantitative estimate of drug-likeness (QED) is 0.871. The molecule has 3 heteroatoms. The molecule has 1 aliphatic heterocycles. The molecule has 0 spiro atoms. The zero-order chi connectivity index (χ0) is 18.5. The van der Waals surface area contributed by atoms with Gasteiger partial charge in [-0.25, -0.2) is 0 Å². The average Bonchev–Trinajstić information content (AvgIpc) is 2.78. The van der Waals surface area contributed by atoms with E-state index in [-0.39, 0.29) is 17.1 Å². The van der Waals surface area contributed by atoms with Crippen molar-refractivity contribution in [1.82, 2.24) is 4.90 Å². The van der Waals surface area contributed by atoms with E-state index in [4.69, 9.17) is 0 Å². The Morgan fingerprint density at radius 3 is 2.42 bits per heavy atom. The van der Waals surface area contributed by atoms with Gasteiger partial charge in [-0.05, 0) is 61.4 Å². The van der Waals surface area contributed by atoms with Gasteiger partial charge in [-0.15, -0.1) is 0 Å². The summed E-state index contributed by atoms with van der Waals surface area (Å²) in [5.41, 5.74) is 2.85. The number of rotatable bonds is 5. The van der Waals surface area contributed by atoms with Crippen molar-refractivity contribution in [1.29, 1.82) is 0 Å². The van der Waals surface area contributed by atoms with Crippen LogP contribution < -0.4 is 5.43 Å². The summed E-state index contributed by atoms with van der Waals surface area (Å²) < 4.78 is 0. The molecule has 1 aliphatic rings. The van der Waals surface area contributed by atoms with Gasteiger partial charge in [0.25, 0.3) is 0 Å². The van der Waals surface area contributed by atoms with Gasteiger partial charge in [-0.1, -0.05) is 56.3 Å². The van der Waals surface area contributed by atoms with Crippen molar-refractivity contribution in [3.8, 4) is 5.75 Å². The number of benzene rings is 1. The Bertz CT molecular complexity index is 778. The molecule has 3 rings (SSSR count). The minimum atomic E-state index is -0.271. The van der Waals surface area contributed by atoms with Crippen molar-refractivity contribution < 1.29 is 5.11 Å². The molecule has 0 aliphatic carbocycles. The zero-order valence-corrected chi connectivity index (χ0v) is 15.8. The van der Waals surface area contributed by atoms with Crippen molar-refractivity contribution in [2.24, 2.45) is 5.92 Å². The molecule has 3 nitrogen and oxygen atoms in total. The minimum absolute atomic E-state index is 0.0942. The maximum absolute atomic E-state index is 12.2. The van der Waals surface area contributed by atoms with Crippen LogP contribution in [0.2, 0.25) is 0 Å². The van der Waals surface area contributed by atoms with E-state index in [9.17, 15) is 9.90 Å². The standard InChI is InChI=1S/C23H29NO2/c1-17(2)20-8-9-21(23(26)22(25)15-20)16-24-12-10-19(11-13-24)14-18-6-4-3-5-7-18/h3-9,15,17,19H,10-14,16H2,1-2H3,(H,25,26). The molecule has 0 saturated carbocycles. The van der Waals surface area contributed by atoms with Crippen LogP contribution in [0.3, 0.4) is 0 Å². The summed E-state index contributed by atoms with van der Waals surface area (Å²) in [6, 6.07) is 16.1. The largest absolute Gasteiger partial charge is 0.504 e. The lowest BCUT2D eigenvalue weighted by Crippen LogP contribution is -2.34. The minimum Gasteiger partial charge on any atom is -0.504 e. The summed E-state index contributed by atoms with van der Waals surface area (Å²) in [4.78, 5) is 14.5. The molecule has 0 aromatic heterocycles. The van der Waals surface area contributed by atoms with Crippen LogP contribution in [-0.2, 0) is 13.0 Å². The Morgan fingerprint density at radius 1 is 1.08 bits per heavy atom. The predicted octanol–water partition coefficient (Wildman–Crippen LogP) is 4.33. The van der Waals surface area contributed by atoms with Gasteiger partial charge in [0.05, 0.1) is 0 Å². The SMILES string of the molecule is CC(C)c1ccc(CN2CCC(Cc3ccccc3)CC2)c(O)c(=O)c1. The van der Waals surface area contributed by atoms with Crippen molar-refractivity contribution in [2.75, 3.05) is 13.1 Å². The van der Waals surface area contributed by atoms with E-state index >= 15 is 0 Å². The monoisotopic (exact) mass is 351 g/mol. The van der Waals surface area contributed by atoms with Gasteiger partial charge in [-0.2, -0.15) is 0 Å². The molecular formula is C23H29NO2. The Labute approximate surface area is 156 Å². The summed E-state index contributed by atoms with van der Waals surface area (Å²) in [5, 5.41) is 10.3. The van der Waals surface area contributed by atoms with Gasteiger partial charge in [-0.3, -0.25) is 9.69 Å². The van der Waals surface area contributed by atoms with Gasteiger partial charge in [0.15, 0.2) is 5.75 Å². The van der Waals surface area contributed by atoms with Crippen LogP contribution in [0, 0.1) is 5.92 Å². The first-order valence-electron chi connectivity index (χ1n) is 9.65. The summed E-state index contributed by atoms with van der Waals surface area (Å²) in [7, 11) is 0. The molecular weight excluding hydrogens is 322 g/mol. The normalized spacial score (nSPS) is 16.1. The number of hydrogen-bond donors (Lipinski definition) is 1. The van der Waals surface area contributed by atoms with E-state index in [2.05, 4.69) is 49.1 Å². The Balaban J connectivity index is 1.62. The number of aromatic hydroxyl groups is 1. The maximum Gasteiger partial charge on any atom is 0.220 e. The van der Waals surface area contributed by atoms with E-state index in [1.807, 2.05) is 12.1 Å². The predicted molar refractivity (Wildman–Crippen MR) is 107 cm³/mol. The van der Waals surface area contributed by atoms with Gasteiger partial charge in [0.1, 0.15) is 0 Å². The van der Waals surface area contributed by atoms with Crippen LogP contribution in [0.4, 0.5) is 0 Å². The molecule has 1 heterocycles. The lowest BCUT2D eigenvalue weighted by Gasteiger charge is -2.32. The van der Waals surface area contributed by atoms with Crippen LogP contribution in [0.15, 0.2) is 53.3 Å². The highest BCUT2D eigenvalue weighted by Gasteiger charge is 2.20. The molecule has 26 heavy (non-hydrogen) atoms. The number of piperidine rings is 1. The van der Waals surface area contributed by atoms with Gasteiger partial charge >= 0.3 is 0 Å². The first-order chi connectivity index (χ1) is 12.5. The smallest absolute Gasteiger partial charge is 0.220 e. The lowest BCUT2D eigenvalue weighted by molar-refractivity contribution is 0.175. The second-order valence-electron chi connectivity index (χ2n) is 7.78. The van der Waals surface area contributed by atoms with Crippen molar-refractivity contribution in [3.63, 3.8) is 0 Å². The molecule has 1 fully saturated rings. The molecule has 0 unspecified atom stereocenters. The highest BCUT2D eigenvalue weighted by molar-refractivity contribution is 5.34. The Kier molecular flexibility index (Phi) is 6.10. The second-order valence-corrected chi connectivity index (χ2v) is 7.78. The van der Waals surface area contributed by atoms with Crippen LogP contribution in [0.1, 0.15) is 49.3 Å². The van der Waals surface area contributed by atoms with Crippen molar-refractivity contribution in [2.45, 2.75) is 45.6 Å². The summed E-state index contributed by atoms with van der Waals surface area (Å²) in [5.74, 6) is 0.899. The number of hydrogen-bond acceptors (Lipinski definition) is 3. The lowest BCUT2D eigenvalue weighted by atomic mass is 9.90. The molecule has 1 N–H and O–H groups in total. The topological polar surface area (TPSA) is 40.5 Å². The summed E-state index contributed by atoms with van der Waals surface area (Å²) in [6.07, 6.45) is 3.47. The number of nitrogens with zero attached hydrogens (tertiary/aromatic N) is 1. The molecule has 2 aromatic carbocycles. The molecule has 0 bridgehead atoms. The van der Waals surface area contributed by atoms with Crippen molar-refractivity contribution >= 4 is 0 Å². The molecule has 0 radical (unpaired) electrons. The van der Waals surface area contributed by atoms with Gasteiger partial charge < -0.3 is 5.11 Å². The van der Waals surface area contributed by atoms with Crippen LogP contribution in [0.5, 0.6) is 5.75 Å². The van der Waals surface area contributed by atoms with E-state index in [0.717, 1.165) is 49.4 Å². The Morgan fingerprint density at radius 2 is 1.77 bits per heavy atom. The van der Waals surface area contributed by atoms with Gasteiger partial charge in [0.2, 0.25) is 5.43 Å². The van der Waals surface area contributed by atoms with Crippen LogP contribution in [0.25, 0.3) is 0 Å². The van der Waals surface area contributed by atoms with E-state index in [1.54, 1.807) is 6.07 Å². The molecule has 1 saturated heterocycles. The third kappa shape index (κ3) is 4.73. The fourth-order valence-corrected chi connectivity index (χ4v) is 3.73. The fraction of sp³-hybridized carbons (Fsp3) is 0.435. The van der Waals surface area contributed by atoms with Crippen molar-refractivity contribution in [3.05, 3.63) is 75.4 Å². The van der Waals surface area contributed by atoms with Gasteiger partial charge in [0, 0.05) is 12.1 Å². The average molecular weight is 351 g/mol. The van der Waals surface area contributed by atoms with Crippen LogP contribution in [-0.4, -0.2) is 23.1 Å². The second kappa shape index (κ2) is 8.50. The first kappa shape index (κ1) is 18.7. The molecule has 0 atom stereocenters. The third-order valence-electron chi connectivity index (χ3n) is 5.45. The third-order valence-corrected chi connectivity index (χ3v) is 5.45. The van der Waals surface area contributed by atoms with E-state index in [0.29, 0.717) is 6.54 Å².